The van der Waals surface area contributed by atoms with Gasteiger partial charge in [0.1, 0.15) is 11.5 Å². The van der Waals surface area contributed by atoms with Crippen molar-refractivity contribution >= 4 is 0 Å². The van der Waals surface area contributed by atoms with Gasteiger partial charge in [0.25, 0.3) is 0 Å². The van der Waals surface area contributed by atoms with Gasteiger partial charge in [0.15, 0.2) is 0 Å². The zero-order chi connectivity index (χ0) is 18.5. The molecule has 1 aromatic rings. The van der Waals surface area contributed by atoms with Crippen molar-refractivity contribution in [3.63, 3.8) is 0 Å². The van der Waals surface area contributed by atoms with Gasteiger partial charge in [0, 0.05) is 23.7 Å². The summed E-state index contributed by atoms with van der Waals surface area (Å²) >= 11 is 0. The van der Waals surface area contributed by atoms with Gasteiger partial charge in [-0.25, -0.2) is 0 Å². The second kappa shape index (κ2) is 8.27. The van der Waals surface area contributed by atoms with Crippen molar-refractivity contribution in [3.8, 4) is 11.5 Å². The third kappa shape index (κ3) is 5.78. The Bertz CT molecular complexity index is 599. The Balaban J connectivity index is 1.76. The smallest absolute Gasteiger partial charge is 0.126 e. The van der Waals surface area contributed by atoms with Crippen molar-refractivity contribution in [1.29, 1.82) is 0 Å². The van der Waals surface area contributed by atoms with E-state index in [0.717, 1.165) is 44.0 Å². The Kier molecular flexibility index (Phi) is 6.56. The maximum Gasteiger partial charge on any atom is 0.126 e. The predicted octanol–water partition coefficient (Wildman–Crippen LogP) is 5.67. The van der Waals surface area contributed by atoms with E-state index in [-0.39, 0.29) is 11.0 Å². The van der Waals surface area contributed by atoms with E-state index < -0.39 is 0 Å². The molecule has 0 saturated heterocycles. The lowest BCUT2D eigenvalue weighted by atomic mass is 9.87. The van der Waals surface area contributed by atoms with E-state index in [2.05, 4.69) is 52.8 Å². The maximum absolute atomic E-state index is 5.88. The van der Waals surface area contributed by atoms with Crippen LogP contribution in [-0.2, 0) is 10.2 Å². The van der Waals surface area contributed by atoms with Crippen molar-refractivity contribution in [2.24, 2.45) is 0 Å². The van der Waals surface area contributed by atoms with Crippen molar-refractivity contribution in [2.45, 2.75) is 71.8 Å². The molecule has 0 amide bonds. The lowest BCUT2D eigenvalue weighted by molar-refractivity contribution is -0.0158. The van der Waals surface area contributed by atoms with Gasteiger partial charge in [-0.2, -0.15) is 0 Å². The zero-order valence-corrected chi connectivity index (χ0v) is 16.8. The molecular formula is C22H34O3. The molecule has 0 bridgehead atoms. The van der Waals surface area contributed by atoms with E-state index in [1.54, 1.807) is 0 Å². The summed E-state index contributed by atoms with van der Waals surface area (Å²) in [6, 6.07) is 6.20. The van der Waals surface area contributed by atoms with Crippen molar-refractivity contribution in [3.05, 3.63) is 35.4 Å². The normalized spacial score (nSPS) is 16.5. The first-order valence-corrected chi connectivity index (χ1v) is 9.43. The lowest BCUT2D eigenvalue weighted by Crippen LogP contribution is -2.24. The Hall–Kier alpha value is -1.48. The van der Waals surface area contributed by atoms with Gasteiger partial charge in [0.05, 0.1) is 18.8 Å². The molecule has 3 nitrogen and oxygen atoms in total. The number of hydrogen-bond donors (Lipinski definition) is 0. The molecule has 1 heterocycles. The number of allylic oxidation sites excluding steroid dienone is 1. The summed E-state index contributed by atoms with van der Waals surface area (Å²) < 4.78 is 17.4. The molecular weight excluding hydrogens is 312 g/mol. The number of fused-ring (bicyclic) bond motifs is 1. The fraction of sp³-hybridized carbons (Fsp3) is 0.636. The van der Waals surface area contributed by atoms with Crippen molar-refractivity contribution in [1.82, 2.24) is 0 Å². The van der Waals surface area contributed by atoms with E-state index in [1.807, 2.05) is 13.0 Å². The molecule has 1 aromatic carbocycles. The maximum atomic E-state index is 5.88. The topological polar surface area (TPSA) is 27.7 Å². The van der Waals surface area contributed by atoms with Gasteiger partial charge in [0.2, 0.25) is 0 Å². The highest BCUT2D eigenvalue weighted by Crippen LogP contribution is 2.40. The Morgan fingerprint density at radius 3 is 2.80 bits per heavy atom. The lowest BCUT2D eigenvalue weighted by Gasteiger charge is -2.24. The minimum absolute atomic E-state index is 0.0431. The van der Waals surface area contributed by atoms with Crippen LogP contribution in [-0.4, -0.2) is 25.4 Å². The average molecular weight is 347 g/mol. The quantitative estimate of drug-likeness (QED) is 0.426. The molecule has 2 rings (SSSR count). The average Bonchev–Trinajstić information content (AvgIpc) is 2.85. The monoisotopic (exact) mass is 346 g/mol. The van der Waals surface area contributed by atoms with Gasteiger partial charge >= 0.3 is 0 Å². The summed E-state index contributed by atoms with van der Waals surface area (Å²) in [7, 11) is 0. The minimum atomic E-state index is -0.0431. The zero-order valence-electron chi connectivity index (χ0n) is 16.8. The summed E-state index contributed by atoms with van der Waals surface area (Å²) in [4.78, 5) is 0. The highest BCUT2D eigenvalue weighted by atomic mass is 16.5. The van der Waals surface area contributed by atoms with Crippen LogP contribution in [0.1, 0.15) is 66.4 Å². The molecule has 0 spiro atoms. The number of benzene rings is 1. The molecule has 0 atom stereocenters. The van der Waals surface area contributed by atoms with E-state index in [9.17, 15) is 0 Å². The van der Waals surface area contributed by atoms with Crippen LogP contribution >= 0.6 is 0 Å². The molecule has 3 heteroatoms. The molecule has 0 saturated carbocycles. The van der Waals surface area contributed by atoms with Crippen LogP contribution in [0.5, 0.6) is 11.5 Å². The van der Waals surface area contributed by atoms with Crippen molar-refractivity contribution < 1.29 is 14.2 Å². The van der Waals surface area contributed by atoms with Crippen LogP contribution in [0.15, 0.2) is 29.8 Å². The Morgan fingerprint density at radius 2 is 2.08 bits per heavy atom. The van der Waals surface area contributed by atoms with E-state index in [0.29, 0.717) is 6.61 Å². The first-order chi connectivity index (χ1) is 11.7. The minimum Gasteiger partial charge on any atom is -0.493 e. The molecule has 1 aliphatic rings. The van der Waals surface area contributed by atoms with Crippen LogP contribution in [0, 0.1) is 0 Å². The number of rotatable bonds is 9. The predicted molar refractivity (Wildman–Crippen MR) is 104 cm³/mol. The van der Waals surface area contributed by atoms with Crippen LogP contribution in [0.4, 0.5) is 0 Å². The molecule has 0 fully saturated rings. The molecule has 1 aliphatic heterocycles. The molecule has 0 unspecified atom stereocenters. The number of hydrogen-bond acceptors (Lipinski definition) is 3. The SMILES string of the molecule is CCOC(C)(C)CC/C(C)=C/CCOc1ccc2c(c1)OCC2(C)C. The van der Waals surface area contributed by atoms with Crippen LogP contribution in [0.3, 0.4) is 0 Å². The van der Waals surface area contributed by atoms with Gasteiger partial charge in [-0.05, 0) is 53.0 Å². The third-order valence-electron chi connectivity index (χ3n) is 4.81. The molecule has 0 aliphatic carbocycles. The molecule has 25 heavy (non-hydrogen) atoms. The largest absolute Gasteiger partial charge is 0.493 e. The fourth-order valence-electron chi connectivity index (χ4n) is 3.15. The van der Waals surface area contributed by atoms with Crippen LogP contribution in [0.25, 0.3) is 0 Å². The van der Waals surface area contributed by atoms with Gasteiger partial charge in [-0.1, -0.05) is 31.6 Å². The summed E-state index contributed by atoms with van der Waals surface area (Å²) in [6.45, 7) is 15.2. The first-order valence-electron chi connectivity index (χ1n) is 9.43. The van der Waals surface area contributed by atoms with E-state index >= 15 is 0 Å². The Morgan fingerprint density at radius 1 is 1.32 bits per heavy atom. The van der Waals surface area contributed by atoms with E-state index in [4.69, 9.17) is 14.2 Å². The third-order valence-corrected chi connectivity index (χ3v) is 4.81. The highest BCUT2D eigenvalue weighted by Gasteiger charge is 2.31. The summed E-state index contributed by atoms with van der Waals surface area (Å²) in [5.74, 6) is 1.85. The number of ether oxygens (including phenoxy) is 3. The van der Waals surface area contributed by atoms with E-state index in [1.165, 1.54) is 11.1 Å². The summed E-state index contributed by atoms with van der Waals surface area (Å²) in [5.41, 5.74) is 2.73. The fourth-order valence-corrected chi connectivity index (χ4v) is 3.15. The summed E-state index contributed by atoms with van der Waals surface area (Å²) in [5, 5.41) is 0. The summed E-state index contributed by atoms with van der Waals surface area (Å²) in [6.07, 6.45) is 5.30. The van der Waals surface area contributed by atoms with Crippen molar-refractivity contribution in [2.75, 3.05) is 19.8 Å². The first kappa shape index (κ1) is 19.8. The second-order valence-electron chi connectivity index (χ2n) is 8.21. The highest BCUT2D eigenvalue weighted by molar-refractivity contribution is 5.47. The standard InChI is InChI=1S/C22H34O3/c1-7-25-22(5,6)13-12-17(2)9-8-14-23-18-10-11-19-20(15-18)24-16-21(19,3)4/h9-11,15H,7-8,12-14,16H2,1-6H3/b17-9+. The van der Waals surface area contributed by atoms with Gasteiger partial charge in [-0.15, -0.1) is 0 Å². The molecule has 0 N–H and O–H groups in total. The second-order valence-corrected chi connectivity index (χ2v) is 8.21. The molecule has 140 valence electrons. The molecule has 0 aromatic heterocycles. The molecule has 0 radical (unpaired) electrons. The van der Waals surface area contributed by atoms with Crippen LogP contribution < -0.4 is 9.47 Å². The van der Waals surface area contributed by atoms with Crippen LogP contribution in [0.2, 0.25) is 0 Å². The van der Waals surface area contributed by atoms with Gasteiger partial charge < -0.3 is 14.2 Å². The Labute approximate surface area is 153 Å². The van der Waals surface area contributed by atoms with Gasteiger partial charge in [-0.3, -0.25) is 0 Å².